The van der Waals surface area contributed by atoms with Crippen molar-refractivity contribution in [1.82, 2.24) is 15.2 Å². The van der Waals surface area contributed by atoms with E-state index < -0.39 is 5.92 Å². The number of Topliss-reactive ketones (excluding diaryl/α,β-unsaturated/α-hetero) is 1. The molecule has 1 saturated carbocycles. The maximum absolute atomic E-state index is 13.8. The van der Waals surface area contributed by atoms with Gasteiger partial charge in [0, 0.05) is 38.3 Å². The Kier molecular flexibility index (Phi) is 13.7. The number of amides is 1. The highest BCUT2D eigenvalue weighted by Gasteiger charge is 2.27. The molecule has 1 amide bonds. The second-order valence-electron chi connectivity index (χ2n) is 12.5. The summed E-state index contributed by atoms with van der Waals surface area (Å²) in [6.07, 6.45) is 13.6. The van der Waals surface area contributed by atoms with Crippen LogP contribution in [0.4, 0.5) is 0 Å². The molecule has 0 bridgehead atoms. The topological polar surface area (TPSA) is 79.4 Å². The first-order valence-electron chi connectivity index (χ1n) is 15.7. The van der Waals surface area contributed by atoms with E-state index in [9.17, 15) is 14.4 Å². The summed E-state index contributed by atoms with van der Waals surface area (Å²) in [5.41, 5.74) is 2.22. The molecule has 6 nitrogen and oxygen atoms in total. The van der Waals surface area contributed by atoms with Gasteiger partial charge in [-0.1, -0.05) is 65.0 Å². The van der Waals surface area contributed by atoms with E-state index in [4.69, 9.17) is 4.98 Å². The molecular formula is C34H51N3O3S. The summed E-state index contributed by atoms with van der Waals surface area (Å²) in [6.45, 7) is 7.09. The zero-order valence-electron chi connectivity index (χ0n) is 25.9. The number of nitrogens with zero attached hydrogens (tertiary/aromatic N) is 2. The SMILES string of the molecule is CCCC(=O)C[C@@H](Cc1nc2ccc(C(C)C)cc2s1)C(=O)N[C@H](CCC(=O)/C=C/CN(C)C)CC1CCCCC1. The minimum Gasteiger partial charge on any atom is -0.353 e. The molecule has 0 radical (unpaired) electrons. The quantitative estimate of drug-likeness (QED) is 0.199. The number of likely N-dealkylation sites (N-methyl/N-ethyl adjacent to an activating group) is 1. The molecule has 1 aromatic carbocycles. The van der Waals surface area contributed by atoms with E-state index in [-0.39, 0.29) is 29.9 Å². The second kappa shape index (κ2) is 16.9. The van der Waals surface area contributed by atoms with Crippen LogP contribution >= 0.6 is 11.3 Å². The van der Waals surface area contributed by atoms with E-state index in [1.165, 1.54) is 37.7 Å². The number of hydrogen-bond acceptors (Lipinski definition) is 6. The lowest BCUT2D eigenvalue weighted by atomic mass is 9.83. The van der Waals surface area contributed by atoms with Crippen molar-refractivity contribution in [3.8, 4) is 0 Å². The third kappa shape index (κ3) is 11.4. The Morgan fingerprint density at radius 2 is 1.88 bits per heavy atom. The molecule has 2 aromatic rings. The van der Waals surface area contributed by atoms with Gasteiger partial charge in [-0.25, -0.2) is 4.98 Å². The van der Waals surface area contributed by atoms with Crippen LogP contribution in [0.1, 0.15) is 108 Å². The van der Waals surface area contributed by atoms with Gasteiger partial charge in [0.1, 0.15) is 5.78 Å². The maximum atomic E-state index is 13.8. The number of fused-ring (bicyclic) bond motifs is 1. The lowest BCUT2D eigenvalue weighted by molar-refractivity contribution is -0.130. The first kappa shape index (κ1) is 33.1. The Balaban J connectivity index is 1.74. The predicted molar refractivity (Wildman–Crippen MR) is 170 cm³/mol. The molecule has 1 aromatic heterocycles. The van der Waals surface area contributed by atoms with Gasteiger partial charge in [-0.2, -0.15) is 0 Å². The Labute approximate surface area is 251 Å². The Bertz CT molecular complexity index is 1160. The Morgan fingerprint density at radius 3 is 2.56 bits per heavy atom. The standard InChI is InChI=1S/C34H51N3O3S/c1-6-11-30(39)21-27(23-33-36-31-18-15-26(24(2)3)22-32(31)41-33)34(40)35-28(20-25-12-8-7-9-13-25)16-17-29(38)14-10-19-37(4)5/h10,14-15,18,22,24-25,27-28H,6-9,11-13,16-17,19-21,23H2,1-5H3,(H,35,40)/b14-10+/t27-,28+/m0/s1. The zero-order valence-corrected chi connectivity index (χ0v) is 26.7. The van der Waals surface area contributed by atoms with Crippen molar-refractivity contribution in [2.75, 3.05) is 20.6 Å². The number of carbonyl (C=O) groups is 3. The minimum absolute atomic E-state index is 0.0652. The summed E-state index contributed by atoms with van der Waals surface area (Å²) in [4.78, 5) is 46.0. The molecular weight excluding hydrogens is 530 g/mol. The highest BCUT2D eigenvalue weighted by Crippen LogP contribution is 2.30. The molecule has 2 atom stereocenters. The maximum Gasteiger partial charge on any atom is 0.224 e. The predicted octanol–water partition coefficient (Wildman–Crippen LogP) is 7.26. The van der Waals surface area contributed by atoms with Gasteiger partial charge < -0.3 is 10.2 Å². The number of benzene rings is 1. The Morgan fingerprint density at radius 1 is 1.12 bits per heavy atom. The van der Waals surface area contributed by atoms with Crippen LogP contribution in [0.2, 0.25) is 0 Å². The number of rotatable bonds is 17. The number of thiazole rings is 1. The van der Waals surface area contributed by atoms with Gasteiger partial charge in [-0.3, -0.25) is 14.4 Å². The average molecular weight is 582 g/mol. The monoisotopic (exact) mass is 581 g/mol. The molecule has 3 rings (SSSR count). The summed E-state index contributed by atoms with van der Waals surface area (Å²) in [5, 5.41) is 4.22. The number of ketones is 2. The first-order valence-corrected chi connectivity index (χ1v) is 16.5. The second-order valence-corrected chi connectivity index (χ2v) is 13.6. The number of allylic oxidation sites excluding steroid dienone is 1. The molecule has 0 saturated heterocycles. The fraction of sp³-hybridized carbons (Fsp3) is 0.647. The van der Waals surface area contributed by atoms with E-state index in [1.807, 2.05) is 32.0 Å². The van der Waals surface area contributed by atoms with E-state index in [0.717, 1.165) is 34.6 Å². The highest BCUT2D eigenvalue weighted by atomic mass is 32.1. The molecule has 0 spiro atoms. The van der Waals surface area contributed by atoms with Gasteiger partial charge >= 0.3 is 0 Å². The number of aromatic nitrogens is 1. The summed E-state index contributed by atoms with van der Waals surface area (Å²) in [5.74, 6) is 0.705. The molecule has 0 aliphatic heterocycles. The summed E-state index contributed by atoms with van der Waals surface area (Å²) >= 11 is 1.63. The third-order valence-electron chi connectivity index (χ3n) is 8.12. The fourth-order valence-corrected chi connectivity index (χ4v) is 6.84. The zero-order chi connectivity index (χ0) is 29.8. The molecule has 1 fully saturated rings. The van der Waals surface area contributed by atoms with Crippen molar-refractivity contribution in [3.05, 3.63) is 40.9 Å². The van der Waals surface area contributed by atoms with Crippen LogP contribution in [0.3, 0.4) is 0 Å². The fourth-order valence-electron chi connectivity index (χ4n) is 5.75. The van der Waals surface area contributed by atoms with Crippen molar-refractivity contribution in [3.63, 3.8) is 0 Å². The molecule has 1 heterocycles. The molecule has 41 heavy (non-hydrogen) atoms. The first-order chi connectivity index (χ1) is 19.6. The average Bonchev–Trinajstić information content (AvgIpc) is 3.33. The molecule has 0 unspecified atom stereocenters. The van der Waals surface area contributed by atoms with Crippen LogP contribution in [-0.4, -0.2) is 54.0 Å². The summed E-state index contributed by atoms with van der Waals surface area (Å²) < 4.78 is 1.13. The number of nitrogens with one attached hydrogen (secondary N) is 1. The molecule has 226 valence electrons. The lowest BCUT2D eigenvalue weighted by Gasteiger charge is -2.28. The van der Waals surface area contributed by atoms with Crippen LogP contribution in [0.25, 0.3) is 10.2 Å². The van der Waals surface area contributed by atoms with Crippen molar-refractivity contribution < 1.29 is 14.4 Å². The van der Waals surface area contributed by atoms with Gasteiger partial charge in [0.05, 0.1) is 21.1 Å². The van der Waals surface area contributed by atoms with Crippen molar-refractivity contribution >= 4 is 39.0 Å². The van der Waals surface area contributed by atoms with Crippen molar-refractivity contribution in [1.29, 1.82) is 0 Å². The Hall–Kier alpha value is -2.38. The van der Waals surface area contributed by atoms with Gasteiger partial charge in [0.25, 0.3) is 0 Å². The van der Waals surface area contributed by atoms with Crippen molar-refractivity contribution in [2.24, 2.45) is 11.8 Å². The molecule has 1 aliphatic carbocycles. The lowest BCUT2D eigenvalue weighted by Crippen LogP contribution is -2.41. The largest absolute Gasteiger partial charge is 0.353 e. The molecule has 7 heteroatoms. The molecule has 1 aliphatic rings. The molecule has 1 N–H and O–H groups in total. The van der Waals surface area contributed by atoms with E-state index >= 15 is 0 Å². The van der Waals surface area contributed by atoms with Crippen LogP contribution in [-0.2, 0) is 20.8 Å². The number of hydrogen-bond donors (Lipinski definition) is 1. The highest BCUT2D eigenvalue weighted by molar-refractivity contribution is 7.18. The van der Waals surface area contributed by atoms with E-state index in [0.29, 0.717) is 37.5 Å². The van der Waals surface area contributed by atoms with E-state index in [2.05, 4.69) is 37.4 Å². The van der Waals surface area contributed by atoms with Gasteiger partial charge in [0.2, 0.25) is 5.91 Å². The van der Waals surface area contributed by atoms with E-state index in [1.54, 1.807) is 17.4 Å². The van der Waals surface area contributed by atoms with Crippen LogP contribution in [0, 0.1) is 11.8 Å². The van der Waals surface area contributed by atoms with Crippen LogP contribution < -0.4 is 5.32 Å². The number of carbonyl (C=O) groups excluding carboxylic acids is 3. The van der Waals surface area contributed by atoms with Gasteiger partial charge in [-0.15, -0.1) is 11.3 Å². The smallest absolute Gasteiger partial charge is 0.224 e. The summed E-state index contributed by atoms with van der Waals surface area (Å²) in [7, 11) is 3.95. The van der Waals surface area contributed by atoms with Crippen LogP contribution in [0.15, 0.2) is 30.4 Å². The van der Waals surface area contributed by atoms with Crippen molar-refractivity contribution in [2.45, 2.75) is 110 Å². The van der Waals surface area contributed by atoms with Crippen LogP contribution in [0.5, 0.6) is 0 Å². The van der Waals surface area contributed by atoms with Gasteiger partial charge in [-0.05, 0) is 69.0 Å². The van der Waals surface area contributed by atoms with Gasteiger partial charge in [0.15, 0.2) is 5.78 Å². The third-order valence-corrected chi connectivity index (χ3v) is 9.16. The normalized spacial score (nSPS) is 16.1. The minimum atomic E-state index is -0.455. The summed E-state index contributed by atoms with van der Waals surface area (Å²) in [6, 6.07) is 6.32.